The van der Waals surface area contributed by atoms with Crippen LogP contribution in [0.25, 0.3) is 0 Å². The van der Waals surface area contributed by atoms with Gasteiger partial charge >= 0.3 is 0 Å². The molecule has 0 unspecified atom stereocenters. The van der Waals surface area contributed by atoms with Gasteiger partial charge in [-0.15, -0.1) is 0 Å². The number of nitrogens with one attached hydrogen (secondary N) is 1. The lowest BCUT2D eigenvalue weighted by Gasteiger charge is -2.32. The van der Waals surface area contributed by atoms with Crippen molar-refractivity contribution in [2.45, 2.75) is 11.8 Å². The van der Waals surface area contributed by atoms with Gasteiger partial charge in [-0.25, -0.2) is 8.42 Å². The van der Waals surface area contributed by atoms with Crippen LogP contribution in [0.4, 0.5) is 0 Å². The summed E-state index contributed by atoms with van der Waals surface area (Å²) >= 11 is 0. The van der Waals surface area contributed by atoms with Gasteiger partial charge in [0.15, 0.2) is 0 Å². The van der Waals surface area contributed by atoms with E-state index in [-0.39, 0.29) is 4.90 Å². The number of piperazine rings is 1. The highest BCUT2D eigenvalue weighted by Crippen LogP contribution is 2.13. The SMILES string of the molecule is CCN1CCN(S(=O)(=O)c2c[nH]ccc2=O)CC1. The van der Waals surface area contributed by atoms with Crippen molar-refractivity contribution < 1.29 is 8.42 Å². The van der Waals surface area contributed by atoms with Crippen molar-refractivity contribution in [1.29, 1.82) is 0 Å². The number of hydrogen-bond acceptors (Lipinski definition) is 4. The second-order valence-corrected chi connectivity index (χ2v) is 6.12. The van der Waals surface area contributed by atoms with Gasteiger partial charge in [0, 0.05) is 44.6 Å². The minimum absolute atomic E-state index is 0.171. The number of hydrogen-bond donors (Lipinski definition) is 1. The lowest BCUT2D eigenvalue weighted by atomic mass is 10.4. The minimum atomic E-state index is -3.66. The van der Waals surface area contributed by atoms with Gasteiger partial charge in [-0.3, -0.25) is 4.79 Å². The zero-order chi connectivity index (χ0) is 13.2. The van der Waals surface area contributed by atoms with E-state index < -0.39 is 15.5 Å². The van der Waals surface area contributed by atoms with E-state index in [4.69, 9.17) is 0 Å². The van der Waals surface area contributed by atoms with E-state index in [1.54, 1.807) is 0 Å². The fraction of sp³-hybridized carbons (Fsp3) is 0.545. The molecular formula is C11H17N3O3S. The molecule has 0 atom stereocenters. The lowest BCUT2D eigenvalue weighted by Crippen LogP contribution is -2.49. The highest BCUT2D eigenvalue weighted by Gasteiger charge is 2.29. The summed E-state index contributed by atoms with van der Waals surface area (Å²) in [5, 5.41) is 0. The summed E-state index contributed by atoms with van der Waals surface area (Å²) in [5.41, 5.74) is -0.466. The molecule has 1 aromatic heterocycles. The Labute approximate surface area is 106 Å². The van der Waals surface area contributed by atoms with Crippen LogP contribution in [0.1, 0.15) is 6.92 Å². The molecule has 1 aliphatic rings. The highest BCUT2D eigenvalue weighted by atomic mass is 32.2. The molecule has 0 spiro atoms. The van der Waals surface area contributed by atoms with Crippen LogP contribution in [0.15, 0.2) is 28.2 Å². The Kier molecular flexibility index (Phi) is 3.84. The van der Waals surface area contributed by atoms with E-state index in [0.29, 0.717) is 26.2 Å². The first kappa shape index (κ1) is 13.3. The van der Waals surface area contributed by atoms with E-state index in [1.807, 2.05) is 6.92 Å². The predicted molar refractivity (Wildman–Crippen MR) is 67.9 cm³/mol. The van der Waals surface area contributed by atoms with Crippen LogP contribution in [0, 0.1) is 0 Å². The fourth-order valence-electron chi connectivity index (χ4n) is 2.03. The molecule has 2 heterocycles. The maximum atomic E-state index is 12.3. The second-order valence-electron chi connectivity index (χ2n) is 4.21. The van der Waals surface area contributed by atoms with Crippen LogP contribution in [-0.4, -0.2) is 55.3 Å². The van der Waals surface area contributed by atoms with E-state index in [9.17, 15) is 13.2 Å². The van der Waals surface area contributed by atoms with E-state index in [2.05, 4.69) is 9.88 Å². The summed E-state index contributed by atoms with van der Waals surface area (Å²) in [6.07, 6.45) is 2.68. The highest BCUT2D eigenvalue weighted by molar-refractivity contribution is 7.89. The van der Waals surface area contributed by atoms with Crippen molar-refractivity contribution in [3.63, 3.8) is 0 Å². The topological polar surface area (TPSA) is 73.5 Å². The quantitative estimate of drug-likeness (QED) is 0.819. The van der Waals surface area contributed by atoms with Crippen LogP contribution >= 0.6 is 0 Å². The first-order valence-corrected chi connectivity index (χ1v) is 7.39. The average molecular weight is 271 g/mol. The molecule has 0 aliphatic carbocycles. The molecule has 1 aliphatic heterocycles. The summed E-state index contributed by atoms with van der Waals surface area (Å²) in [5.74, 6) is 0. The largest absolute Gasteiger partial charge is 0.366 e. The summed E-state index contributed by atoms with van der Waals surface area (Å²) in [7, 11) is -3.66. The molecule has 100 valence electrons. The minimum Gasteiger partial charge on any atom is -0.366 e. The first-order valence-electron chi connectivity index (χ1n) is 5.95. The Morgan fingerprint density at radius 1 is 1.28 bits per heavy atom. The molecule has 0 amide bonds. The zero-order valence-corrected chi connectivity index (χ0v) is 11.1. The molecule has 0 saturated carbocycles. The number of sulfonamides is 1. The number of nitrogens with zero attached hydrogens (tertiary/aromatic N) is 2. The third-order valence-electron chi connectivity index (χ3n) is 3.18. The van der Waals surface area contributed by atoms with Crippen molar-refractivity contribution in [2.75, 3.05) is 32.7 Å². The van der Waals surface area contributed by atoms with Crippen LogP contribution in [0.2, 0.25) is 0 Å². The molecule has 18 heavy (non-hydrogen) atoms. The third kappa shape index (κ3) is 2.47. The van der Waals surface area contributed by atoms with Crippen molar-refractivity contribution in [3.05, 3.63) is 28.7 Å². The van der Waals surface area contributed by atoms with E-state index in [0.717, 1.165) is 6.54 Å². The van der Waals surface area contributed by atoms with Crippen LogP contribution in [0.3, 0.4) is 0 Å². The van der Waals surface area contributed by atoms with Crippen LogP contribution in [0.5, 0.6) is 0 Å². The van der Waals surface area contributed by atoms with Gasteiger partial charge in [-0.1, -0.05) is 6.92 Å². The zero-order valence-electron chi connectivity index (χ0n) is 10.3. The van der Waals surface area contributed by atoms with Gasteiger partial charge in [0.05, 0.1) is 0 Å². The molecule has 7 heteroatoms. The van der Waals surface area contributed by atoms with Gasteiger partial charge < -0.3 is 9.88 Å². The summed E-state index contributed by atoms with van der Waals surface area (Å²) in [4.78, 5) is 16.3. The standard InChI is InChI=1S/C11H17N3O3S/c1-2-13-5-7-14(8-6-13)18(16,17)11-9-12-4-3-10(11)15/h3-4,9H,2,5-8H2,1H3,(H,12,15). The molecule has 0 aromatic carbocycles. The molecule has 6 nitrogen and oxygen atoms in total. The molecule has 1 N–H and O–H groups in total. The normalized spacial score (nSPS) is 18.9. The average Bonchev–Trinajstić information content (AvgIpc) is 2.39. The fourth-order valence-corrected chi connectivity index (χ4v) is 3.49. The smallest absolute Gasteiger partial charge is 0.248 e. The number of likely N-dealkylation sites (N-methyl/N-ethyl adjacent to an activating group) is 1. The molecule has 1 saturated heterocycles. The Morgan fingerprint density at radius 2 is 1.94 bits per heavy atom. The van der Waals surface area contributed by atoms with Crippen molar-refractivity contribution >= 4 is 10.0 Å². The van der Waals surface area contributed by atoms with Crippen LogP contribution < -0.4 is 5.43 Å². The molecular weight excluding hydrogens is 254 g/mol. The number of rotatable bonds is 3. The van der Waals surface area contributed by atoms with Crippen molar-refractivity contribution in [3.8, 4) is 0 Å². The van der Waals surface area contributed by atoms with Gasteiger partial charge in [0.1, 0.15) is 4.90 Å². The van der Waals surface area contributed by atoms with Crippen molar-refractivity contribution in [1.82, 2.24) is 14.2 Å². The summed E-state index contributed by atoms with van der Waals surface area (Å²) in [6.45, 7) is 5.25. The van der Waals surface area contributed by atoms with Gasteiger partial charge in [0.2, 0.25) is 15.5 Å². The third-order valence-corrected chi connectivity index (χ3v) is 5.10. The Bertz CT molecular complexity index is 559. The maximum absolute atomic E-state index is 12.3. The molecule has 2 rings (SSSR count). The monoisotopic (exact) mass is 271 g/mol. The number of aromatic nitrogens is 1. The number of aromatic amines is 1. The molecule has 1 aromatic rings. The maximum Gasteiger partial charge on any atom is 0.248 e. The summed E-state index contributed by atoms with van der Waals surface area (Å²) < 4.78 is 26.0. The van der Waals surface area contributed by atoms with Crippen molar-refractivity contribution in [2.24, 2.45) is 0 Å². The molecule has 1 fully saturated rings. The van der Waals surface area contributed by atoms with Gasteiger partial charge in [-0.05, 0) is 6.54 Å². The van der Waals surface area contributed by atoms with E-state index in [1.165, 1.54) is 22.8 Å². The van der Waals surface area contributed by atoms with Gasteiger partial charge in [-0.2, -0.15) is 4.31 Å². The van der Waals surface area contributed by atoms with E-state index >= 15 is 0 Å². The molecule has 0 bridgehead atoms. The summed E-state index contributed by atoms with van der Waals surface area (Å²) in [6, 6.07) is 1.23. The first-order chi connectivity index (χ1) is 8.55. The molecule has 0 radical (unpaired) electrons. The number of pyridine rings is 1. The Balaban J connectivity index is 2.23. The Morgan fingerprint density at radius 3 is 2.50 bits per heavy atom. The van der Waals surface area contributed by atoms with Gasteiger partial charge in [0.25, 0.3) is 0 Å². The number of H-pyrrole nitrogens is 1. The predicted octanol–water partition coefficient (Wildman–Crippen LogP) is -0.299. The second kappa shape index (κ2) is 5.21. The lowest BCUT2D eigenvalue weighted by molar-refractivity contribution is 0.196. The van der Waals surface area contributed by atoms with Crippen LogP contribution in [-0.2, 0) is 10.0 Å². The Hall–Kier alpha value is -1.18.